The van der Waals surface area contributed by atoms with Crippen molar-refractivity contribution in [1.29, 1.82) is 0 Å². The Morgan fingerprint density at radius 2 is 1.89 bits per heavy atom. The summed E-state index contributed by atoms with van der Waals surface area (Å²) in [6, 6.07) is 15.2. The molecule has 2 atom stereocenters. The molecular formula is C22H20NO3PS. The van der Waals surface area contributed by atoms with Crippen LogP contribution < -0.4 is 10.6 Å². The lowest BCUT2D eigenvalue weighted by molar-refractivity contribution is 0.0696. The molecule has 4 rings (SSSR count). The van der Waals surface area contributed by atoms with Gasteiger partial charge < -0.3 is 10.4 Å². The van der Waals surface area contributed by atoms with Crippen LogP contribution in [0.3, 0.4) is 0 Å². The molecule has 1 aromatic heterocycles. The summed E-state index contributed by atoms with van der Waals surface area (Å²) in [5.74, 6) is -1.15. The number of anilines is 1. The maximum Gasteiger partial charge on any atom is 0.339 e. The zero-order valence-corrected chi connectivity index (χ0v) is 17.1. The van der Waals surface area contributed by atoms with Crippen molar-refractivity contribution in [2.75, 3.05) is 5.32 Å². The number of aryl methyl sites for hydroxylation is 1. The highest BCUT2D eigenvalue weighted by Crippen LogP contribution is 2.39. The van der Waals surface area contributed by atoms with Crippen LogP contribution in [0.5, 0.6) is 0 Å². The van der Waals surface area contributed by atoms with E-state index in [-0.39, 0.29) is 17.4 Å². The summed E-state index contributed by atoms with van der Waals surface area (Å²) in [5, 5.41) is 16.1. The highest BCUT2D eigenvalue weighted by Gasteiger charge is 2.28. The van der Waals surface area contributed by atoms with Crippen LogP contribution in [0.15, 0.2) is 53.9 Å². The number of carboxylic acids is 1. The highest BCUT2D eigenvalue weighted by atomic mass is 32.1. The number of carbonyl (C=O) groups is 2. The number of amides is 1. The molecule has 0 saturated heterocycles. The Kier molecular flexibility index (Phi) is 5.29. The molecule has 0 radical (unpaired) electrons. The van der Waals surface area contributed by atoms with Gasteiger partial charge in [0.15, 0.2) is 0 Å². The summed E-state index contributed by atoms with van der Waals surface area (Å²) < 4.78 is 0. The largest absolute Gasteiger partial charge is 0.478 e. The van der Waals surface area contributed by atoms with E-state index in [1.54, 1.807) is 24.3 Å². The third-order valence-electron chi connectivity index (χ3n) is 5.19. The van der Waals surface area contributed by atoms with Crippen molar-refractivity contribution in [2.24, 2.45) is 0 Å². The number of carbonyl (C=O) groups excluding carboxylic acids is 1. The van der Waals surface area contributed by atoms with Gasteiger partial charge >= 0.3 is 5.97 Å². The molecule has 28 heavy (non-hydrogen) atoms. The first kappa shape index (κ1) is 18.9. The van der Waals surface area contributed by atoms with Gasteiger partial charge in [-0.3, -0.25) is 4.79 Å². The number of carboxylic acid groups (broad SMARTS) is 1. The number of benzene rings is 2. The maximum atomic E-state index is 12.5. The Labute approximate surface area is 169 Å². The number of hydrogen-bond acceptors (Lipinski definition) is 3. The molecule has 2 N–H and O–H groups in total. The van der Waals surface area contributed by atoms with Crippen molar-refractivity contribution in [3.8, 4) is 0 Å². The number of hydrogen-bond donors (Lipinski definition) is 2. The van der Waals surface area contributed by atoms with E-state index in [1.807, 2.05) is 11.4 Å². The number of aromatic carboxylic acids is 1. The molecule has 0 bridgehead atoms. The minimum absolute atomic E-state index is 0.143. The average molecular weight is 409 g/mol. The van der Waals surface area contributed by atoms with Crippen LogP contribution in [0.1, 0.15) is 49.7 Å². The summed E-state index contributed by atoms with van der Waals surface area (Å²) in [4.78, 5) is 24.5. The quantitative estimate of drug-likeness (QED) is 0.625. The number of rotatable bonds is 4. The third-order valence-corrected chi connectivity index (χ3v) is 6.47. The van der Waals surface area contributed by atoms with Gasteiger partial charge in [-0.15, -0.1) is 20.6 Å². The second kappa shape index (κ2) is 7.86. The molecule has 1 aliphatic carbocycles. The monoisotopic (exact) mass is 409 g/mol. The fourth-order valence-corrected chi connectivity index (χ4v) is 5.12. The van der Waals surface area contributed by atoms with E-state index < -0.39 is 5.97 Å². The lowest BCUT2D eigenvalue weighted by Crippen LogP contribution is -2.17. The predicted octanol–water partition coefficient (Wildman–Crippen LogP) is 4.47. The standard InChI is InChI=1S/C22H20NO3PS/c24-20(14-4-2-1-3-5-14)23-21-19(22(25)26)18(12-28-21)15-7-6-13-8-9-17(27)11-16(13)10-15/h1-5,8-9,11-12,15H,6-7,10,27H2,(H,23,24)(H,25,26). The molecular weight excluding hydrogens is 389 g/mol. The van der Waals surface area contributed by atoms with Gasteiger partial charge in [0.05, 0.1) is 5.56 Å². The van der Waals surface area contributed by atoms with Gasteiger partial charge in [-0.05, 0) is 64.7 Å². The molecule has 1 heterocycles. The fraction of sp³-hybridized carbons (Fsp3) is 0.182. The second-order valence-corrected chi connectivity index (χ2v) is 8.53. The van der Waals surface area contributed by atoms with Gasteiger partial charge in [0.25, 0.3) is 5.91 Å². The van der Waals surface area contributed by atoms with Gasteiger partial charge in [0.1, 0.15) is 5.00 Å². The second-order valence-electron chi connectivity index (χ2n) is 6.99. The minimum Gasteiger partial charge on any atom is -0.478 e. The smallest absolute Gasteiger partial charge is 0.339 e. The molecule has 2 unspecified atom stereocenters. The summed E-state index contributed by atoms with van der Waals surface area (Å²) in [7, 11) is 2.72. The van der Waals surface area contributed by atoms with E-state index in [0.717, 1.165) is 30.1 Å². The van der Waals surface area contributed by atoms with Crippen LogP contribution in [0.2, 0.25) is 0 Å². The Balaban J connectivity index is 1.62. The minimum atomic E-state index is -0.995. The van der Waals surface area contributed by atoms with Gasteiger partial charge in [0.2, 0.25) is 0 Å². The molecule has 1 amide bonds. The SMILES string of the molecule is O=C(Nc1scc(C2CCc3ccc(P)cc3C2)c1C(=O)O)c1ccccc1. The Morgan fingerprint density at radius 3 is 2.64 bits per heavy atom. The van der Waals surface area contributed by atoms with Gasteiger partial charge in [-0.1, -0.05) is 36.4 Å². The van der Waals surface area contributed by atoms with Gasteiger partial charge in [-0.25, -0.2) is 4.79 Å². The molecule has 1 aliphatic rings. The van der Waals surface area contributed by atoms with Crippen molar-refractivity contribution < 1.29 is 14.7 Å². The van der Waals surface area contributed by atoms with Crippen LogP contribution in [0, 0.1) is 0 Å². The van der Waals surface area contributed by atoms with E-state index >= 15 is 0 Å². The number of nitrogens with one attached hydrogen (secondary N) is 1. The summed E-state index contributed by atoms with van der Waals surface area (Å²) in [6.45, 7) is 0. The van der Waals surface area contributed by atoms with Gasteiger partial charge in [0, 0.05) is 5.56 Å². The van der Waals surface area contributed by atoms with Crippen molar-refractivity contribution in [3.05, 3.63) is 81.7 Å². The average Bonchev–Trinajstić information content (AvgIpc) is 3.12. The first-order chi connectivity index (χ1) is 13.5. The van der Waals surface area contributed by atoms with Crippen LogP contribution in [-0.4, -0.2) is 17.0 Å². The Hall–Kier alpha value is -2.49. The van der Waals surface area contributed by atoms with E-state index in [2.05, 4.69) is 32.8 Å². The molecule has 6 heteroatoms. The first-order valence-corrected chi connectivity index (χ1v) is 10.6. The lowest BCUT2D eigenvalue weighted by Gasteiger charge is -2.25. The summed E-state index contributed by atoms with van der Waals surface area (Å²) in [5.41, 5.74) is 4.17. The third kappa shape index (κ3) is 3.73. The van der Waals surface area contributed by atoms with Gasteiger partial charge in [-0.2, -0.15) is 0 Å². The molecule has 0 fully saturated rings. The first-order valence-electron chi connectivity index (χ1n) is 9.11. The van der Waals surface area contributed by atoms with E-state index in [4.69, 9.17) is 0 Å². The van der Waals surface area contributed by atoms with E-state index in [1.165, 1.54) is 22.5 Å². The summed E-state index contributed by atoms with van der Waals surface area (Å²) >= 11 is 1.29. The van der Waals surface area contributed by atoms with Crippen LogP contribution in [0.4, 0.5) is 5.00 Å². The molecule has 0 aliphatic heterocycles. The molecule has 0 saturated carbocycles. The number of fused-ring (bicyclic) bond motifs is 1. The Morgan fingerprint density at radius 1 is 1.11 bits per heavy atom. The summed E-state index contributed by atoms with van der Waals surface area (Å²) in [6.07, 6.45) is 2.67. The zero-order chi connectivity index (χ0) is 19.7. The molecule has 3 aromatic rings. The Bertz CT molecular complexity index is 1050. The normalized spacial score (nSPS) is 15.7. The predicted molar refractivity (Wildman–Crippen MR) is 116 cm³/mol. The van der Waals surface area contributed by atoms with Crippen molar-refractivity contribution in [1.82, 2.24) is 0 Å². The lowest BCUT2D eigenvalue weighted by atomic mass is 9.80. The number of thiophene rings is 1. The van der Waals surface area contributed by atoms with E-state index in [9.17, 15) is 14.7 Å². The maximum absolute atomic E-state index is 12.5. The molecule has 2 aromatic carbocycles. The molecule has 4 nitrogen and oxygen atoms in total. The van der Waals surface area contributed by atoms with E-state index in [0.29, 0.717) is 10.6 Å². The fourth-order valence-electron chi connectivity index (χ4n) is 3.79. The zero-order valence-electron chi connectivity index (χ0n) is 15.1. The van der Waals surface area contributed by atoms with Crippen LogP contribution in [-0.2, 0) is 12.8 Å². The topological polar surface area (TPSA) is 66.4 Å². The molecule has 0 spiro atoms. The van der Waals surface area contributed by atoms with Crippen LogP contribution in [0.25, 0.3) is 0 Å². The highest BCUT2D eigenvalue weighted by molar-refractivity contribution is 7.27. The van der Waals surface area contributed by atoms with Crippen LogP contribution >= 0.6 is 20.6 Å². The van der Waals surface area contributed by atoms with Crippen molar-refractivity contribution in [3.63, 3.8) is 0 Å². The van der Waals surface area contributed by atoms with Crippen molar-refractivity contribution in [2.45, 2.75) is 25.2 Å². The molecule has 142 valence electrons. The van der Waals surface area contributed by atoms with Crippen molar-refractivity contribution >= 4 is 42.8 Å².